The molecule has 29 heavy (non-hydrogen) atoms. The van der Waals surface area contributed by atoms with Gasteiger partial charge in [-0.1, -0.05) is 35.5 Å². The molecular formula is C23H23N3O3. The van der Waals surface area contributed by atoms with Gasteiger partial charge in [0.25, 0.3) is 0 Å². The average Bonchev–Trinajstić information content (AvgIpc) is 3.34. The van der Waals surface area contributed by atoms with E-state index in [1.807, 2.05) is 49.4 Å². The number of hydrogen-bond donors (Lipinski definition) is 0. The van der Waals surface area contributed by atoms with Crippen LogP contribution in [0, 0.1) is 6.92 Å². The van der Waals surface area contributed by atoms with Gasteiger partial charge in [-0.2, -0.15) is 0 Å². The van der Waals surface area contributed by atoms with Crippen LogP contribution in [0.2, 0.25) is 0 Å². The SMILES string of the molecule is COC[C@@H](CC(=O)Cc1cc2c(cn1)C(c1cc(C)on1)=NC2)c1ccccc1. The molecule has 0 spiro atoms. The van der Waals surface area contributed by atoms with Crippen LogP contribution < -0.4 is 0 Å². The van der Waals surface area contributed by atoms with Crippen LogP contribution in [0.5, 0.6) is 0 Å². The summed E-state index contributed by atoms with van der Waals surface area (Å²) in [6, 6.07) is 13.9. The topological polar surface area (TPSA) is 77.6 Å². The van der Waals surface area contributed by atoms with E-state index in [0.29, 0.717) is 26.0 Å². The first-order chi connectivity index (χ1) is 14.1. The highest BCUT2D eigenvalue weighted by Crippen LogP contribution is 2.24. The number of ether oxygens (including phenoxy) is 1. The molecule has 0 aliphatic carbocycles. The Hall–Kier alpha value is -3.12. The van der Waals surface area contributed by atoms with Crippen molar-refractivity contribution < 1.29 is 14.1 Å². The third-order valence-corrected chi connectivity index (χ3v) is 5.07. The summed E-state index contributed by atoms with van der Waals surface area (Å²) in [5.41, 5.74) is 5.42. The van der Waals surface area contributed by atoms with Crippen molar-refractivity contribution in [2.45, 2.75) is 32.2 Å². The van der Waals surface area contributed by atoms with Crippen LogP contribution in [0.1, 0.15) is 46.2 Å². The maximum absolute atomic E-state index is 12.7. The van der Waals surface area contributed by atoms with E-state index in [2.05, 4.69) is 15.1 Å². The molecule has 0 fully saturated rings. The molecule has 1 aliphatic rings. The first-order valence-electron chi connectivity index (χ1n) is 9.66. The molecule has 2 aromatic heterocycles. The Morgan fingerprint density at radius 2 is 2.07 bits per heavy atom. The van der Waals surface area contributed by atoms with E-state index < -0.39 is 0 Å². The second-order valence-electron chi connectivity index (χ2n) is 7.30. The quantitative estimate of drug-likeness (QED) is 0.588. The molecule has 3 aromatic rings. The lowest BCUT2D eigenvalue weighted by Gasteiger charge is -2.15. The van der Waals surface area contributed by atoms with Gasteiger partial charge in [0.05, 0.1) is 18.9 Å². The minimum atomic E-state index is 0.0495. The van der Waals surface area contributed by atoms with Crippen molar-refractivity contribution in [2.75, 3.05) is 13.7 Å². The molecule has 6 heteroatoms. The number of aromatic nitrogens is 2. The molecule has 3 heterocycles. The van der Waals surface area contributed by atoms with Crippen molar-refractivity contribution in [3.63, 3.8) is 0 Å². The number of hydrogen-bond acceptors (Lipinski definition) is 6. The maximum atomic E-state index is 12.7. The molecule has 0 bridgehead atoms. The highest BCUT2D eigenvalue weighted by molar-refractivity contribution is 6.13. The van der Waals surface area contributed by atoms with Crippen LogP contribution in [0.4, 0.5) is 0 Å². The lowest BCUT2D eigenvalue weighted by molar-refractivity contribution is -0.119. The fourth-order valence-corrected chi connectivity index (χ4v) is 3.68. The van der Waals surface area contributed by atoms with Crippen LogP contribution in [0.25, 0.3) is 0 Å². The minimum absolute atomic E-state index is 0.0495. The molecular weight excluding hydrogens is 366 g/mol. The van der Waals surface area contributed by atoms with Crippen molar-refractivity contribution in [2.24, 2.45) is 4.99 Å². The van der Waals surface area contributed by atoms with Gasteiger partial charge in [0.2, 0.25) is 0 Å². The number of fused-ring (bicyclic) bond motifs is 1. The Morgan fingerprint density at radius 1 is 1.24 bits per heavy atom. The molecule has 4 rings (SSSR count). The zero-order chi connectivity index (χ0) is 20.2. The standard InChI is InChI=1S/C23H23N3O3/c1-15-8-22(26-29-15)23-21-13-24-19(9-17(21)12-25-23)11-20(27)10-18(14-28-2)16-6-4-3-5-7-16/h3-9,13,18H,10-12,14H2,1-2H3/t18-/m1/s1. The van der Waals surface area contributed by atoms with E-state index >= 15 is 0 Å². The van der Waals surface area contributed by atoms with Gasteiger partial charge in [-0.05, 0) is 24.1 Å². The number of aliphatic imine (C=N–C) groups is 1. The summed E-state index contributed by atoms with van der Waals surface area (Å²) < 4.78 is 10.5. The number of pyridine rings is 1. The van der Waals surface area contributed by atoms with Crippen molar-refractivity contribution in [1.82, 2.24) is 10.1 Å². The molecule has 0 amide bonds. The Labute approximate surface area is 169 Å². The lowest BCUT2D eigenvalue weighted by atomic mass is 9.93. The third kappa shape index (κ3) is 4.32. The molecule has 1 aliphatic heterocycles. The van der Waals surface area contributed by atoms with Crippen LogP contribution in [0.15, 0.2) is 58.2 Å². The van der Waals surface area contributed by atoms with Gasteiger partial charge in [0.1, 0.15) is 17.2 Å². The number of methoxy groups -OCH3 is 1. The lowest BCUT2D eigenvalue weighted by Crippen LogP contribution is -2.14. The fraction of sp³-hybridized carbons (Fsp3) is 0.304. The normalized spacial score (nSPS) is 13.8. The summed E-state index contributed by atoms with van der Waals surface area (Å²) in [6.45, 7) is 2.93. The predicted octanol–water partition coefficient (Wildman–Crippen LogP) is 3.66. The first-order valence-corrected chi connectivity index (χ1v) is 9.66. The number of aryl methyl sites for hydroxylation is 1. The number of benzene rings is 1. The Morgan fingerprint density at radius 3 is 2.79 bits per heavy atom. The maximum Gasteiger partial charge on any atom is 0.139 e. The van der Waals surface area contributed by atoms with E-state index in [1.54, 1.807) is 13.3 Å². The van der Waals surface area contributed by atoms with Crippen molar-refractivity contribution in [1.29, 1.82) is 0 Å². The number of carbonyl (C=O) groups is 1. The summed E-state index contributed by atoms with van der Waals surface area (Å²) in [4.78, 5) is 21.8. The summed E-state index contributed by atoms with van der Waals surface area (Å²) in [6.07, 6.45) is 2.52. The van der Waals surface area contributed by atoms with E-state index in [1.165, 1.54) is 0 Å². The predicted molar refractivity (Wildman–Crippen MR) is 109 cm³/mol. The molecule has 0 radical (unpaired) electrons. The number of nitrogens with zero attached hydrogens (tertiary/aromatic N) is 3. The third-order valence-electron chi connectivity index (χ3n) is 5.07. The van der Waals surface area contributed by atoms with Crippen LogP contribution in [0.3, 0.4) is 0 Å². The van der Waals surface area contributed by atoms with Crippen LogP contribution in [-0.2, 0) is 22.5 Å². The summed E-state index contributed by atoms with van der Waals surface area (Å²) in [5, 5.41) is 4.05. The van der Waals surface area contributed by atoms with E-state index in [9.17, 15) is 4.79 Å². The van der Waals surface area contributed by atoms with Crippen LogP contribution >= 0.6 is 0 Å². The monoisotopic (exact) mass is 389 g/mol. The van der Waals surface area contributed by atoms with Crippen LogP contribution in [-0.4, -0.2) is 35.4 Å². The van der Waals surface area contributed by atoms with Gasteiger partial charge >= 0.3 is 0 Å². The largest absolute Gasteiger partial charge is 0.384 e. The number of ketones is 1. The van der Waals surface area contributed by atoms with Gasteiger partial charge in [-0.3, -0.25) is 14.8 Å². The highest BCUT2D eigenvalue weighted by atomic mass is 16.5. The van der Waals surface area contributed by atoms with Crippen molar-refractivity contribution in [3.05, 3.63) is 82.5 Å². The first kappa shape index (κ1) is 19.2. The zero-order valence-electron chi connectivity index (χ0n) is 16.6. The molecule has 148 valence electrons. The molecule has 1 atom stereocenters. The molecule has 1 aromatic carbocycles. The number of carbonyl (C=O) groups excluding carboxylic acids is 1. The molecule has 0 unspecified atom stereocenters. The second kappa shape index (κ2) is 8.49. The Balaban J connectivity index is 1.44. The average molecular weight is 389 g/mol. The Bertz CT molecular complexity index is 1040. The molecule has 6 nitrogen and oxygen atoms in total. The van der Waals surface area contributed by atoms with E-state index in [-0.39, 0.29) is 11.7 Å². The smallest absolute Gasteiger partial charge is 0.139 e. The van der Waals surface area contributed by atoms with Gasteiger partial charge < -0.3 is 9.26 Å². The molecule has 0 saturated heterocycles. The van der Waals surface area contributed by atoms with Gasteiger partial charge in [0.15, 0.2) is 0 Å². The number of rotatable bonds is 8. The fourth-order valence-electron chi connectivity index (χ4n) is 3.68. The van der Waals surface area contributed by atoms with Gasteiger partial charge in [-0.15, -0.1) is 0 Å². The molecule has 0 saturated carbocycles. The summed E-state index contributed by atoms with van der Waals surface area (Å²) >= 11 is 0. The van der Waals surface area contributed by atoms with Crippen molar-refractivity contribution >= 4 is 11.5 Å². The van der Waals surface area contributed by atoms with Crippen molar-refractivity contribution in [3.8, 4) is 0 Å². The Kier molecular flexibility index (Phi) is 5.62. The summed E-state index contributed by atoms with van der Waals surface area (Å²) in [5.74, 6) is 0.943. The number of Topliss-reactive ketones (excluding diaryl/α,β-unsaturated/α-hetero) is 1. The van der Waals surface area contributed by atoms with E-state index in [0.717, 1.165) is 39.6 Å². The van der Waals surface area contributed by atoms with Gasteiger partial charge in [0, 0.05) is 49.4 Å². The van der Waals surface area contributed by atoms with Gasteiger partial charge in [-0.25, -0.2) is 0 Å². The summed E-state index contributed by atoms with van der Waals surface area (Å²) in [7, 11) is 1.66. The molecule has 0 N–H and O–H groups in total. The second-order valence-corrected chi connectivity index (χ2v) is 7.30. The highest BCUT2D eigenvalue weighted by Gasteiger charge is 2.22. The van der Waals surface area contributed by atoms with E-state index in [4.69, 9.17) is 9.26 Å². The minimum Gasteiger partial charge on any atom is -0.384 e. The zero-order valence-corrected chi connectivity index (χ0v) is 16.6.